The van der Waals surface area contributed by atoms with E-state index in [1.54, 1.807) is 18.2 Å². The summed E-state index contributed by atoms with van der Waals surface area (Å²) in [6, 6.07) is 6.41. The van der Waals surface area contributed by atoms with Crippen molar-refractivity contribution >= 4 is 17.7 Å². The summed E-state index contributed by atoms with van der Waals surface area (Å²) in [5, 5.41) is 2.54. The zero-order valence-corrected chi connectivity index (χ0v) is 15.4. The average Bonchev–Trinajstić information content (AvgIpc) is 3.36. The largest absolute Gasteiger partial charge is 0.459 e. The van der Waals surface area contributed by atoms with E-state index in [0.29, 0.717) is 12.3 Å². The molecule has 0 atom stereocenters. The smallest absolute Gasteiger partial charge is 0.305 e. The van der Waals surface area contributed by atoms with Gasteiger partial charge in [-0.15, -0.1) is 0 Å². The molecule has 0 aromatic carbocycles. The van der Waals surface area contributed by atoms with Gasteiger partial charge in [-0.05, 0) is 37.4 Å². The third-order valence-corrected chi connectivity index (χ3v) is 3.86. The van der Waals surface area contributed by atoms with Crippen LogP contribution < -0.4 is 16.2 Å². The first-order valence-electron chi connectivity index (χ1n) is 8.75. The Morgan fingerprint density at radius 3 is 2.44 bits per heavy atom. The minimum atomic E-state index is -0.547. The van der Waals surface area contributed by atoms with E-state index in [2.05, 4.69) is 21.1 Å². The van der Waals surface area contributed by atoms with Gasteiger partial charge < -0.3 is 14.2 Å². The van der Waals surface area contributed by atoms with Crippen LogP contribution in [0.25, 0.3) is 0 Å². The van der Waals surface area contributed by atoms with Gasteiger partial charge in [-0.3, -0.25) is 30.1 Å². The molecule has 2 aromatic heterocycles. The second-order valence-corrected chi connectivity index (χ2v) is 5.71. The van der Waals surface area contributed by atoms with Crippen molar-refractivity contribution in [2.24, 2.45) is 0 Å². The van der Waals surface area contributed by atoms with Gasteiger partial charge in [-0.2, -0.15) is 0 Å². The maximum absolute atomic E-state index is 12.0. The topological polar surface area (TPSA) is 117 Å². The van der Waals surface area contributed by atoms with Crippen molar-refractivity contribution in [2.75, 3.05) is 19.6 Å². The first kappa shape index (κ1) is 20.2. The molecule has 146 valence electrons. The van der Waals surface area contributed by atoms with Gasteiger partial charge in [0.25, 0.3) is 5.91 Å². The fourth-order valence-electron chi connectivity index (χ4n) is 2.29. The highest BCUT2D eigenvalue weighted by Gasteiger charge is 2.14. The van der Waals surface area contributed by atoms with Crippen molar-refractivity contribution in [3.05, 3.63) is 47.8 Å². The summed E-state index contributed by atoms with van der Waals surface area (Å²) in [6.45, 7) is 6.58. The van der Waals surface area contributed by atoms with Crippen LogP contribution in [0.4, 0.5) is 0 Å². The molecule has 0 aliphatic heterocycles. The maximum atomic E-state index is 12.0. The standard InChI is InChI=1S/C18H24N4O5/c1-3-22(4-2)12-13-7-8-15(27-13)18(25)21-20-16(23)9-10-19-17(24)14-6-5-11-26-14/h5-8,11H,3-4,9-10,12H2,1-2H3,(H,19,24)(H,20,23)(H,21,25). The van der Waals surface area contributed by atoms with Gasteiger partial charge in [0.15, 0.2) is 11.5 Å². The second kappa shape index (κ2) is 10.2. The minimum absolute atomic E-state index is 0.00189. The molecular formula is C18H24N4O5. The van der Waals surface area contributed by atoms with Crippen molar-refractivity contribution in [3.63, 3.8) is 0 Å². The monoisotopic (exact) mass is 376 g/mol. The Morgan fingerprint density at radius 2 is 1.78 bits per heavy atom. The molecule has 3 amide bonds. The van der Waals surface area contributed by atoms with Gasteiger partial charge in [0.05, 0.1) is 12.8 Å². The molecule has 0 aliphatic rings. The van der Waals surface area contributed by atoms with Gasteiger partial charge >= 0.3 is 5.91 Å². The molecule has 0 aliphatic carbocycles. The molecular weight excluding hydrogens is 352 g/mol. The Bertz CT molecular complexity index is 750. The number of rotatable bonds is 9. The van der Waals surface area contributed by atoms with E-state index in [9.17, 15) is 14.4 Å². The van der Waals surface area contributed by atoms with Gasteiger partial charge in [0.2, 0.25) is 5.91 Å². The van der Waals surface area contributed by atoms with E-state index in [1.807, 2.05) is 13.8 Å². The van der Waals surface area contributed by atoms with Crippen LogP contribution in [-0.4, -0.2) is 42.3 Å². The van der Waals surface area contributed by atoms with Crippen LogP contribution in [0.15, 0.2) is 39.4 Å². The molecule has 9 heteroatoms. The van der Waals surface area contributed by atoms with Crippen LogP contribution in [0.3, 0.4) is 0 Å². The molecule has 2 heterocycles. The lowest BCUT2D eigenvalue weighted by atomic mass is 10.3. The molecule has 0 radical (unpaired) electrons. The summed E-state index contributed by atoms with van der Waals surface area (Å²) in [4.78, 5) is 37.5. The Labute approximate surface area is 157 Å². The van der Waals surface area contributed by atoms with Gasteiger partial charge in [0, 0.05) is 13.0 Å². The zero-order chi connectivity index (χ0) is 19.6. The SMILES string of the molecule is CCN(CC)Cc1ccc(C(=O)NNC(=O)CCNC(=O)c2ccco2)o1. The minimum Gasteiger partial charge on any atom is -0.459 e. The number of nitrogens with one attached hydrogen (secondary N) is 3. The van der Waals surface area contributed by atoms with E-state index in [4.69, 9.17) is 8.83 Å². The lowest BCUT2D eigenvalue weighted by Gasteiger charge is -2.15. The first-order valence-corrected chi connectivity index (χ1v) is 8.75. The molecule has 9 nitrogen and oxygen atoms in total. The average molecular weight is 376 g/mol. The number of carbonyl (C=O) groups excluding carboxylic acids is 3. The predicted molar refractivity (Wildman–Crippen MR) is 96.6 cm³/mol. The quantitative estimate of drug-likeness (QED) is 0.568. The summed E-state index contributed by atoms with van der Waals surface area (Å²) >= 11 is 0. The Hall–Kier alpha value is -3.07. The molecule has 0 unspecified atom stereocenters. The van der Waals surface area contributed by atoms with E-state index in [-0.39, 0.29) is 24.5 Å². The van der Waals surface area contributed by atoms with Crippen molar-refractivity contribution in [3.8, 4) is 0 Å². The van der Waals surface area contributed by atoms with Crippen LogP contribution in [0.5, 0.6) is 0 Å². The molecule has 0 bridgehead atoms. The van der Waals surface area contributed by atoms with Crippen LogP contribution in [0.2, 0.25) is 0 Å². The Morgan fingerprint density at radius 1 is 1.00 bits per heavy atom. The van der Waals surface area contributed by atoms with Crippen molar-refractivity contribution in [1.82, 2.24) is 21.1 Å². The summed E-state index contributed by atoms with van der Waals surface area (Å²) in [5.41, 5.74) is 4.56. The number of carbonyl (C=O) groups is 3. The highest BCUT2D eigenvalue weighted by molar-refractivity contribution is 5.93. The van der Waals surface area contributed by atoms with E-state index in [0.717, 1.165) is 13.1 Å². The molecule has 3 N–H and O–H groups in total. The summed E-state index contributed by atoms with van der Waals surface area (Å²) < 4.78 is 10.4. The molecule has 0 spiro atoms. The number of hydrogen-bond donors (Lipinski definition) is 3. The van der Waals surface area contributed by atoms with Gasteiger partial charge in [-0.25, -0.2) is 0 Å². The number of nitrogens with zero attached hydrogens (tertiary/aromatic N) is 1. The fourth-order valence-corrected chi connectivity index (χ4v) is 2.29. The van der Waals surface area contributed by atoms with E-state index in [1.165, 1.54) is 12.3 Å². The van der Waals surface area contributed by atoms with Crippen LogP contribution in [-0.2, 0) is 11.3 Å². The van der Waals surface area contributed by atoms with Gasteiger partial charge in [0.1, 0.15) is 5.76 Å². The molecule has 0 saturated heterocycles. The Balaban J connectivity index is 1.69. The highest BCUT2D eigenvalue weighted by atomic mass is 16.4. The molecule has 0 fully saturated rings. The molecule has 27 heavy (non-hydrogen) atoms. The lowest BCUT2D eigenvalue weighted by Crippen LogP contribution is -2.42. The third-order valence-electron chi connectivity index (χ3n) is 3.86. The number of hydrogen-bond acceptors (Lipinski definition) is 6. The molecule has 2 aromatic rings. The predicted octanol–water partition coefficient (Wildman–Crippen LogP) is 1.30. The van der Waals surface area contributed by atoms with Gasteiger partial charge in [-0.1, -0.05) is 13.8 Å². The lowest BCUT2D eigenvalue weighted by molar-refractivity contribution is -0.121. The summed E-state index contributed by atoms with van der Waals surface area (Å²) in [7, 11) is 0. The Kier molecular flexibility index (Phi) is 7.63. The maximum Gasteiger partial charge on any atom is 0.305 e. The van der Waals surface area contributed by atoms with Crippen molar-refractivity contribution < 1.29 is 23.2 Å². The number of amides is 3. The van der Waals surface area contributed by atoms with Crippen LogP contribution in [0.1, 0.15) is 47.1 Å². The third kappa shape index (κ3) is 6.30. The zero-order valence-electron chi connectivity index (χ0n) is 15.4. The summed E-state index contributed by atoms with van der Waals surface area (Å²) in [6.07, 6.45) is 1.39. The van der Waals surface area contributed by atoms with E-state index >= 15 is 0 Å². The van der Waals surface area contributed by atoms with E-state index < -0.39 is 17.7 Å². The highest BCUT2D eigenvalue weighted by Crippen LogP contribution is 2.10. The van der Waals surface area contributed by atoms with Crippen molar-refractivity contribution in [2.45, 2.75) is 26.8 Å². The van der Waals surface area contributed by atoms with Crippen LogP contribution >= 0.6 is 0 Å². The second-order valence-electron chi connectivity index (χ2n) is 5.71. The normalized spacial score (nSPS) is 10.6. The first-order chi connectivity index (χ1) is 13.0. The van der Waals surface area contributed by atoms with Crippen LogP contribution in [0, 0.1) is 0 Å². The number of furan rings is 2. The number of hydrazine groups is 1. The summed E-state index contributed by atoms with van der Waals surface area (Å²) in [5.74, 6) is -0.443. The molecule has 2 rings (SSSR count). The molecule has 0 saturated carbocycles. The fraction of sp³-hybridized carbons (Fsp3) is 0.389. The van der Waals surface area contributed by atoms with Crippen molar-refractivity contribution in [1.29, 1.82) is 0 Å².